The van der Waals surface area contributed by atoms with E-state index in [-0.39, 0.29) is 12.0 Å². The Kier molecular flexibility index (Phi) is 4.11. The van der Waals surface area contributed by atoms with E-state index in [2.05, 4.69) is 25.4 Å². The molecular formula is C11H17N7O. The first kappa shape index (κ1) is 13.1. The molecule has 0 aliphatic heterocycles. The molecule has 19 heavy (non-hydrogen) atoms. The lowest BCUT2D eigenvalue weighted by molar-refractivity contribution is 0.312. The van der Waals surface area contributed by atoms with Crippen LogP contribution in [0.25, 0.3) is 0 Å². The summed E-state index contributed by atoms with van der Waals surface area (Å²) in [5.74, 6) is 0.538. The van der Waals surface area contributed by atoms with E-state index >= 15 is 0 Å². The SMILES string of the molecule is CCOc1nc(N)nc(NCCn2cc(C)cn2)n1. The minimum atomic E-state index is 0.135. The van der Waals surface area contributed by atoms with E-state index in [1.807, 2.05) is 30.9 Å². The van der Waals surface area contributed by atoms with E-state index < -0.39 is 0 Å². The first-order valence-corrected chi connectivity index (χ1v) is 6.04. The molecule has 2 aromatic rings. The normalized spacial score (nSPS) is 10.4. The number of hydrogen-bond donors (Lipinski definition) is 2. The fourth-order valence-corrected chi connectivity index (χ4v) is 1.52. The molecule has 0 bridgehead atoms. The Labute approximate surface area is 111 Å². The van der Waals surface area contributed by atoms with Gasteiger partial charge in [0.15, 0.2) is 0 Å². The van der Waals surface area contributed by atoms with Gasteiger partial charge in [0.25, 0.3) is 0 Å². The fraction of sp³-hybridized carbons (Fsp3) is 0.455. The van der Waals surface area contributed by atoms with Crippen molar-refractivity contribution in [1.82, 2.24) is 24.7 Å². The fourth-order valence-electron chi connectivity index (χ4n) is 1.52. The van der Waals surface area contributed by atoms with Crippen LogP contribution in [0.15, 0.2) is 12.4 Å². The zero-order valence-corrected chi connectivity index (χ0v) is 11.0. The number of aromatic nitrogens is 5. The third-order valence-electron chi connectivity index (χ3n) is 2.29. The van der Waals surface area contributed by atoms with Crippen LogP contribution in [0.4, 0.5) is 11.9 Å². The van der Waals surface area contributed by atoms with Crippen molar-refractivity contribution in [2.45, 2.75) is 20.4 Å². The Morgan fingerprint density at radius 2 is 2.21 bits per heavy atom. The van der Waals surface area contributed by atoms with Gasteiger partial charge in [0.2, 0.25) is 11.9 Å². The molecule has 0 aliphatic carbocycles. The Morgan fingerprint density at radius 3 is 2.89 bits per heavy atom. The predicted octanol–water partition coefficient (Wildman–Crippen LogP) is 0.470. The van der Waals surface area contributed by atoms with Crippen molar-refractivity contribution in [1.29, 1.82) is 0 Å². The highest BCUT2D eigenvalue weighted by Crippen LogP contribution is 2.08. The zero-order chi connectivity index (χ0) is 13.7. The summed E-state index contributed by atoms with van der Waals surface area (Å²) in [6.45, 7) is 5.68. The molecule has 8 nitrogen and oxygen atoms in total. The number of ether oxygens (including phenoxy) is 1. The highest BCUT2D eigenvalue weighted by Gasteiger charge is 2.04. The highest BCUT2D eigenvalue weighted by atomic mass is 16.5. The number of nitrogens with two attached hydrogens (primary N) is 1. The van der Waals surface area contributed by atoms with Crippen molar-refractivity contribution >= 4 is 11.9 Å². The smallest absolute Gasteiger partial charge is 0.323 e. The molecule has 0 unspecified atom stereocenters. The minimum absolute atomic E-state index is 0.135. The first-order chi connectivity index (χ1) is 9.17. The average molecular weight is 263 g/mol. The molecule has 0 saturated heterocycles. The molecule has 0 radical (unpaired) electrons. The maximum atomic E-state index is 5.58. The number of anilines is 2. The molecule has 2 rings (SSSR count). The Bertz CT molecular complexity index is 540. The number of aryl methyl sites for hydroxylation is 1. The summed E-state index contributed by atoms with van der Waals surface area (Å²) >= 11 is 0. The molecule has 0 atom stereocenters. The largest absolute Gasteiger partial charge is 0.464 e. The monoisotopic (exact) mass is 263 g/mol. The summed E-state index contributed by atoms with van der Waals surface area (Å²) in [5.41, 5.74) is 6.70. The number of hydrogen-bond acceptors (Lipinski definition) is 7. The van der Waals surface area contributed by atoms with Gasteiger partial charge in [-0.3, -0.25) is 4.68 Å². The molecule has 0 amide bonds. The molecule has 102 valence electrons. The van der Waals surface area contributed by atoms with Crippen LogP contribution >= 0.6 is 0 Å². The van der Waals surface area contributed by atoms with Crippen LogP contribution in [0, 0.1) is 6.92 Å². The third kappa shape index (κ3) is 3.80. The Morgan fingerprint density at radius 1 is 1.37 bits per heavy atom. The maximum absolute atomic E-state index is 5.58. The van der Waals surface area contributed by atoms with Crippen molar-refractivity contribution in [2.75, 3.05) is 24.2 Å². The summed E-state index contributed by atoms with van der Waals surface area (Å²) in [7, 11) is 0. The number of nitrogens with zero attached hydrogens (tertiary/aromatic N) is 5. The molecule has 0 saturated carbocycles. The van der Waals surface area contributed by atoms with Gasteiger partial charge in [-0.05, 0) is 19.4 Å². The van der Waals surface area contributed by atoms with Gasteiger partial charge in [-0.25, -0.2) is 0 Å². The van der Waals surface area contributed by atoms with Gasteiger partial charge < -0.3 is 15.8 Å². The predicted molar refractivity (Wildman–Crippen MR) is 70.9 cm³/mol. The van der Waals surface area contributed by atoms with Gasteiger partial charge >= 0.3 is 6.01 Å². The van der Waals surface area contributed by atoms with Crippen LogP contribution in [0.2, 0.25) is 0 Å². The summed E-state index contributed by atoms with van der Waals surface area (Å²) in [6.07, 6.45) is 3.78. The van der Waals surface area contributed by atoms with Crippen LogP contribution in [-0.2, 0) is 6.54 Å². The highest BCUT2D eigenvalue weighted by molar-refractivity contribution is 5.32. The molecule has 0 fully saturated rings. The van der Waals surface area contributed by atoms with Crippen LogP contribution in [0.5, 0.6) is 6.01 Å². The van der Waals surface area contributed by atoms with E-state index in [1.165, 1.54) is 0 Å². The van der Waals surface area contributed by atoms with E-state index in [0.29, 0.717) is 25.6 Å². The molecule has 0 aromatic carbocycles. The van der Waals surface area contributed by atoms with Gasteiger partial charge in [-0.2, -0.15) is 20.1 Å². The molecule has 0 aliphatic rings. The quantitative estimate of drug-likeness (QED) is 0.780. The van der Waals surface area contributed by atoms with Crippen molar-refractivity contribution in [3.63, 3.8) is 0 Å². The topological polar surface area (TPSA) is 104 Å². The second-order valence-corrected chi connectivity index (χ2v) is 3.94. The summed E-state index contributed by atoms with van der Waals surface area (Å²) in [6, 6.07) is 0.229. The lowest BCUT2D eigenvalue weighted by Gasteiger charge is -2.07. The lowest BCUT2D eigenvalue weighted by Crippen LogP contribution is -2.14. The summed E-state index contributed by atoms with van der Waals surface area (Å²) < 4.78 is 7.04. The Balaban J connectivity index is 1.91. The van der Waals surface area contributed by atoms with Crippen molar-refractivity contribution in [3.05, 3.63) is 18.0 Å². The number of nitrogens with one attached hydrogen (secondary N) is 1. The van der Waals surface area contributed by atoms with Crippen molar-refractivity contribution < 1.29 is 4.74 Å². The molecule has 2 heterocycles. The summed E-state index contributed by atoms with van der Waals surface area (Å²) in [4.78, 5) is 12.0. The minimum Gasteiger partial charge on any atom is -0.464 e. The molecule has 3 N–H and O–H groups in total. The average Bonchev–Trinajstić information content (AvgIpc) is 2.75. The number of rotatable bonds is 6. The van der Waals surface area contributed by atoms with Gasteiger partial charge in [0, 0.05) is 12.7 Å². The molecule has 8 heteroatoms. The Hall–Kier alpha value is -2.38. The molecule has 2 aromatic heterocycles. The number of nitrogen functional groups attached to an aromatic ring is 1. The standard InChI is InChI=1S/C11H17N7O/c1-3-19-11-16-9(12)15-10(17-11)13-4-5-18-7-8(2)6-14-18/h6-7H,3-5H2,1-2H3,(H3,12,13,15,16,17). The van der Waals surface area contributed by atoms with E-state index in [9.17, 15) is 0 Å². The van der Waals surface area contributed by atoms with E-state index in [4.69, 9.17) is 10.5 Å². The molecule has 0 spiro atoms. The lowest BCUT2D eigenvalue weighted by atomic mass is 10.4. The zero-order valence-electron chi connectivity index (χ0n) is 11.0. The van der Waals surface area contributed by atoms with Crippen LogP contribution in [-0.4, -0.2) is 37.9 Å². The van der Waals surface area contributed by atoms with E-state index in [0.717, 1.165) is 5.56 Å². The maximum Gasteiger partial charge on any atom is 0.323 e. The first-order valence-electron chi connectivity index (χ1n) is 6.04. The van der Waals surface area contributed by atoms with Crippen molar-refractivity contribution in [2.24, 2.45) is 0 Å². The van der Waals surface area contributed by atoms with Crippen LogP contribution < -0.4 is 15.8 Å². The van der Waals surface area contributed by atoms with Gasteiger partial charge in [-0.1, -0.05) is 0 Å². The van der Waals surface area contributed by atoms with E-state index in [1.54, 1.807) is 0 Å². The second kappa shape index (κ2) is 5.98. The van der Waals surface area contributed by atoms with Crippen molar-refractivity contribution in [3.8, 4) is 6.01 Å². The van der Waals surface area contributed by atoms with Crippen LogP contribution in [0.1, 0.15) is 12.5 Å². The summed E-state index contributed by atoms with van der Waals surface area (Å²) in [5, 5.41) is 7.24. The van der Waals surface area contributed by atoms with Crippen LogP contribution in [0.3, 0.4) is 0 Å². The third-order valence-corrected chi connectivity index (χ3v) is 2.29. The molecular weight excluding hydrogens is 246 g/mol. The second-order valence-electron chi connectivity index (χ2n) is 3.94. The van der Waals surface area contributed by atoms with Gasteiger partial charge in [0.1, 0.15) is 0 Å². The van der Waals surface area contributed by atoms with Gasteiger partial charge in [-0.15, -0.1) is 0 Å². The van der Waals surface area contributed by atoms with Gasteiger partial charge in [0.05, 0.1) is 19.3 Å².